The van der Waals surface area contributed by atoms with Crippen LogP contribution in [-0.4, -0.2) is 22.2 Å². The average Bonchev–Trinajstić information content (AvgIpc) is 2.33. The molecule has 98 valence electrons. The summed E-state index contributed by atoms with van der Waals surface area (Å²) in [6.07, 6.45) is 4.64. The summed E-state index contributed by atoms with van der Waals surface area (Å²) in [4.78, 5) is 11.8. The maximum Gasteiger partial charge on any atom is 0.251 e. The molecule has 0 saturated carbocycles. The van der Waals surface area contributed by atoms with E-state index in [0.717, 1.165) is 19.3 Å². The summed E-state index contributed by atoms with van der Waals surface area (Å²) in [5.74, 6) is -0.774. The quantitative estimate of drug-likeness (QED) is 0.412. The molecule has 18 heavy (non-hydrogen) atoms. The molecule has 0 unspecified atom stereocenters. The van der Waals surface area contributed by atoms with E-state index in [2.05, 4.69) is 11.9 Å². The van der Waals surface area contributed by atoms with Gasteiger partial charge in [0.15, 0.2) is 11.5 Å². The predicted octanol–water partition coefficient (Wildman–Crippen LogP) is 2.57. The topological polar surface area (TPSA) is 69.6 Å². The van der Waals surface area contributed by atoms with Crippen LogP contribution in [-0.2, 0) is 0 Å². The van der Waals surface area contributed by atoms with Crippen LogP contribution in [0.1, 0.15) is 36.5 Å². The number of hydrogen-bond acceptors (Lipinski definition) is 3. The highest BCUT2D eigenvalue weighted by Gasteiger charge is 2.11. The second-order valence-corrected chi connectivity index (χ2v) is 4.30. The first-order valence-electron chi connectivity index (χ1n) is 5.98. The second kappa shape index (κ2) is 6.69. The first-order valence-corrected chi connectivity index (χ1v) is 5.98. The van der Waals surface area contributed by atoms with Gasteiger partial charge in [-0.2, -0.15) is 0 Å². The van der Waals surface area contributed by atoms with E-state index in [0.29, 0.717) is 5.56 Å². The van der Waals surface area contributed by atoms with E-state index in [4.69, 9.17) is 5.11 Å². The van der Waals surface area contributed by atoms with E-state index < -0.39 is 0 Å². The Bertz CT molecular complexity index is 429. The van der Waals surface area contributed by atoms with Crippen molar-refractivity contribution in [2.24, 2.45) is 0 Å². The van der Waals surface area contributed by atoms with Crippen LogP contribution in [0.25, 0.3) is 0 Å². The van der Waals surface area contributed by atoms with E-state index in [9.17, 15) is 9.90 Å². The van der Waals surface area contributed by atoms with Gasteiger partial charge >= 0.3 is 0 Å². The second-order valence-electron chi connectivity index (χ2n) is 4.30. The van der Waals surface area contributed by atoms with Crippen molar-refractivity contribution in [1.82, 2.24) is 5.32 Å². The number of carbonyl (C=O) groups is 1. The Hall–Kier alpha value is -1.97. The van der Waals surface area contributed by atoms with Crippen LogP contribution in [0.2, 0.25) is 0 Å². The molecule has 0 aliphatic heterocycles. The number of amides is 1. The van der Waals surface area contributed by atoms with Crippen molar-refractivity contribution in [3.05, 3.63) is 36.4 Å². The van der Waals surface area contributed by atoms with Crippen LogP contribution >= 0.6 is 0 Å². The summed E-state index contributed by atoms with van der Waals surface area (Å²) in [6, 6.07) is 4.09. The van der Waals surface area contributed by atoms with Crippen molar-refractivity contribution in [2.45, 2.75) is 32.2 Å². The third kappa shape index (κ3) is 4.13. The molecule has 0 fully saturated rings. The summed E-state index contributed by atoms with van der Waals surface area (Å²) < 4.78 is 0. The molecule has 0 aromatic heterocycles. The van der Waals surface area contributed by atoms with Crippen molar-refractivity contribution in [2.75, 3.05) is 0 Å². The number of allylic oxidation sites excluding steroid dienone is 1. The minimum Gasteiger partial charge on any atom is -0.504 e. The van der Waals surface area contributed by atoms with E-state index in [1.165, 1.54) is 18.2 Å². The highest BCUT2D eigenvalue weighted by Crippen LogP contribution is 2.24. The monoisotopic (exact) mass is 249 g/mol. The number of phenols is 2. The zero-order valence-electron chi connectivity index (χ0n) is 10.5. The van der Waals surface area contributed by atoms with E-state index in [1.54, 1.807) is 0 Å². The highest BCUT2D eigenvalue weighted by molar-refractivity contribution is 5.95. The zero-order valence-corrected chi connectivity index (χ0v) is 10.5. The Morgan fingerprint density at radius 2 is 2.17 bits per heavy atom. The fourth-order valence-electron chi connectivity index (χ4n) is 1.61. The fourth-order valence-corrected chi connectivity index (χ4v) is 1.61. The van der Waals surface area contributed by atoms with Gasteiger partial charge in [-0.1, -0.05) is 6.08 Å². The molecule has 1 aromatic carbocycles. The minimum absolute atomic E-state index is 0.0633. The molecule has 0 bridgehead atoms. The van der Waals surface area contributed by atoms with Gasteiger partial charge < -0.3 is 15.5 Å². The molecule has 1 rings (SSSR count). The van der Waals surface area contributed by atoms with Crippen LogP contribution in [0.5, 0.6) is 11.5 Å². The summed E-state index contributed by atoms with van der Waals surface area (Å²) in [7, 11) is 0. The van der Waals surface area contributed by atoms with Crippen molar-refractivity contribution in [1.29, 1.82) is 0 Å². The molecule has 4 nitrogen and oxygen atoms in total. The molecule has 3 N–H and O–H groups in total. The van der Waals surface area contributed by atoms with Gasteiger partial charge in [0.2, 0.25) is 0 Å². The Morgan fingerprint density at radius 3 is 2.78 bits per heavy atom. The number of unbranched alkanes of at least 4 members (excludes halogenated alkanes) is 1. The fraction of sp³-hybridized carbons (Fsp3) is 0.357. The lowest BCUT2D eigenvalue weighted by Crippen LogP contribution is -2.32. The van der Waals surface area contributed by atoms with Crippen molar-refractivity contribution < 1.29 is 15.0 Å². The number of aromatic hydroxyl groups is 2. The Labute approximate surface area is 107 Å². The molecular weight excluding hydrogens is 230 g/mol. The Morgan fingerprint density at radius 1 is 1.44 bits per heavy atom. The molecule has 0 heterocycles. The Balaban J connectivity index is 2.53. The maximum absolute atomic E-state index is 11.8. The summed E-state index contributed by atoms with van der Waals surface area (Å²) >= 11 is 0. The Kier molecular flexibility index (Phi) is 5.24. The highest BCUT2D eigenvalue weighted by atomic mass is 16.3. The summed E-state index contributed by atoms with van der Waals surface area (Å²) in [5.41, 5.74) is 0.334. The molecule has 0 radical (unpaired) electrons. The van der Waals surface area contributed by atoms with E-state index in [1.807, 2.05) is 13.0 Å². The predicted molar refractivity (Wildman–Crippen MR) is 70.7 cm³/mol. The minimum atomic E-state index is -0.290. The first kappa shape index (κ1) is 14.1. The van der Waals surface area contributed by atoms with Crippen LogP contribution in [0.3, 0.4) is 0 Å². The van der Waals surface area contributed by atoms with Crippen LogP contribution in [0.15, 0.2) is 30.9 Å². The smallest absolute Gasteiger partial charge is 0.251 e. The van der Waals surface area contributed by atoms with Gasteiger partial charge in [0.05, 0.1) is 0 Å². The third-order valence-corrected chi connectivity index (χ3v) is 2.66. The van der Waals surface area contributed by atoms with E-state index in [-0.39, 0.29) is 23.4 Å². The summed E-state index contributed by atoms with van der Waals surface area (Å²) in [6.45, 7) is 5.58. The molecule has 1 atom stereocenters. The molecule has 0 saturated heterocycles. The van der Waals surface area contributed by atoms with Gasteiger partial charge in [0, 0.05) is 11.6 Å². The number of nitrogens with one attached hydrogen (secondary N) is 1. The molecule has 0 aliphatic carbocycles. The van der Waals surface area contributed by atoms with E-state index >= 15 is 0 Å². The lowest BCUT2D eigenvalue weighted by molar-refractivity contribution is 0.0937. The zero-order chi connectivity index (χ0) is 13.5. The first-order chi connectivity index (χ1) is 8.54. The van der Waals surface area contributed by atoms with Crippen molar-refractivity contribution in [3.8, 4) is 11.5 Å². The lowest BCUT2D eigenvalue weighted by Gasteiger charge is -2.13. The average molecular weight is 249 g/mol. The number of rotatable bonds is 6. The SMILES string of the molecule is C=CCCC[C@@H](C)NC(=O)c1ccc(O)c(O)c1. The molecule has 0 aliphatic rings. The van der Waals surface area contributed by atoms with Crippen LogP contribution in [0.4, 0.5) is 0 Å². The van der Waals surface area contributed by atoms with Crippen molar-refractivity contribution in [3.63, 3.8) is 0 Å². The third-order valence-electron chi connectivity index (χ3n) is 2.66. The largest absolute Gasteiger partial charge is 0.504 e. The van der Waals surface area contributed by atoms with Crippen LogP contribution in [0, 0.1) is 0 Å². The molecule has 1 aromatic rings. The van der Waals surface area contributed by atoms with Crippen LogP contribution < -0.4 is 5.32 Å². The molecule has 4 heteroatoms. The van der Waals surface area contributed by atoms with Gasteiger partial charge in [0.1, 0.15) is 0 Å². The molecule has 0 spiro atoms. The van der Waals surface area contributed by atoms with Gasteiger partial charge in [-0.3, -0.25) is 4.79 Å². The number of phenolic OH excluding ortho intramolecular Hbond substituents is 2. The molecular formula is C14H19NO3. The number of carbonyl (C=O) groups excluding carboxylic acids is 1. The molecule has 1 amide bonds. The number of hydrogen-bond donors (Lipinski definition) is 3. The summed E-state index contributed by atoms with van der Waals surface area (Å²) in [5, 5.41) is 21.3. The van der Waals surface area contributed by atoms with Gasteiger partial charge in [-0.15, -0.1) is 6.58 Å². The standard InChI is InChI=1S/C14H19NO3/c1-3-4-5-6-10(2)15-14(18)11-7-8-12(16)13(17)9-11/h3,7-10,16-17H,1,4-6H2,2H3,(H,15,18)/t10-/m1/s1. The normalized spacial score (nSPS) is 11.8. The van der Waals surface area contributed by atoms with Gasteiger partial charge in [-0.05, 0) is 44.4 Å². The number of benzene rings is 1. The van der Waals surface area contributed by atoms with Crippen molar-refractivity contribution >= 4 is 5.91 Å². The lowest BCUT2D eigenvalue weighted by atomic mass is 10.1. The van der Waals surface area contributed by atoms with Gasteiger partial charge in [0.25, 0.3) is 5.91 Å². The van der Waals surface area contributed by atoms with Gasteiger partial charge in [-0.25, -0.2) is 0 Å². The maximum atomic E-state index is 11.8.